The van der Waals surface area contributed by atoms with E-state index in [9.17, 15) is 22.2 Å². The lowest BCUT2D eigenvalue weighted by Gasteiger charge is -2.57. The molecule has 0 saturated heterocycles. The fraction of sp³-hybridized carbons (Fsp3) is 0.682. The highest BCUT2D eigenvalue weighted by atomic mass is 32.2. The summed E-state index contributed by atoms with van der Waals surface area (Å²) < 4.78 is 63.5. The predicted molar refractivity (Wildman–Crippen MR) is 108 cm³/mol. The van der Waals surface area contributed by atoms with E-state index >= 15 is 0 Å². The molecule has 7 nitrogen and oxygen atoms in total. The third-order valence-electron chi connectivity index (χ3n) is 6.53. The first-order valence-corrected chi connectivity index (χ1v) is 12.3. The van der Waals surface area contributed by atoms with Crippen LogP contribution in [-0.4, -0.2) is 42.7 Å². The fourth-order valence-electron chi connectivity index (χ4n) is 5.99. The van der Waals surface area contributed by atoms with Crippen molar-refractivity contribution < 1.29 is 36.4 Å². The summed E-state index contributed by atoms with van der Waals surface area (Å²) in [6.07, 6.45) is 6.83. The molecule has 0 N–H and O–H groups in total. The lowest BCUT2D eigenvalue weighted by molar-refractivity contribution is -0.273. The zero-order valence-electron chi connectivity index (χ0n) is 17.8. The molecule has 0 amide bonds. The summed E-state index contributed by atoms with van der Waals surface area (Å²) in [5.41, 5.74) is -0.250. The summed E-state index contributed by atoms with van der Waals surface area (Å²) in [6, 6.07) is 3.49. The smallest absolute Gasteiger partial charge is 0.338 e. The van der Waals surface area contributed by atoms with Crippen molar-refractivity contribution >= 4 is 16.1 Å². The molecular formula is C22H28FO7S-. The average molecular weight is 456 g/mol. The Morgan fingerprint density at radius 2 is 1.74 bits per heavy atom. The van der Waals surface area contributed by atoms with Crippen molar-refractivity contribution in [3.05, 3.63) is 29.6 Å². The van der Waals surface area contributed by atoms with Gasteiger partial charge in [0.2, 0.25) is 5.79 Å². The highest BCUT2D eigenvalue weighted by Crippen LogP contribution is 2.58. The summed E-state index contributed by atoms with van der Waals surface area (Å²) in [5, 5.41) is 0. The molecule has 0 heterocycles. The molecule has 1 aromatic carbocycles. The van der Waals surface area contributed by atoms with Crippen molar-refractivity contribution in [1.82, 2.24) is 0 Å². The van der Waals surface area contributed by atoms with E-state index in [1.54, 1.807) is 13.8 Å². The first-order valence-electron chi connectivity index (χ1n) is 10.7. The molecule has 0 unspecified atom stereocenters. The van der Waals surface area contributed by atoms with Gasteiger partial charge in [-0.1, -0.05) is 0 Å². The molecule has 0 atom stereocenters. The highest BCUT2D eigenvalue weighted by Gasteiger charge is 2.53. The summed E-state index contributed by atoms with van der Waals surface area (Å²) in [7, 11) is -4.49. The lowest BCUT2D eigenvalue weighted by Crippen LogP contribution is -2.55. The largest absolute Gasteiger partial charge is 0.748 e. The first-order chi connectivity index (χ1) is 14.4. The minimum atomic E-state index is -4.49. The van der Waals surface area contributed by atoms with Gasteiger partial charge in [-0.3, -0.25) is 0 Å². The quantitative estimate of drug-likeness (QED) is 0.335. The second kappa shape index (κ2) is 8.01. The Morgan fingerprint density at radius 3 is 2.29 bits per heavy atom. The minimum Gasteiger partial charge on any atom is -0.748 e. The van der Waals surface area contributed by atoms with E-state index in [0.717, 1.165) is 25.3 Å². The Kier molecular flexibility index (Phi) is 5.81. The van der Waals surface area contributed by atoms with Crippen LogP contribution in [0.25, 0.3) is 0 Å². The van der Waals surface area contributed by atoms with Gasteiger partial charge < -0.3 is 18.8 Å². The zero-order valence-corrected chi connectivity index (χ0v) is 18.6. The van der Waals surface area contributed by atoms with E-state index in [1.807, 2.05) is 0 Å². The zero-order chi connectivity index (χ0) is 22.4. The average Bonchev–Trinajstić information content (AvgIpc) is 2.60. The van der Waals surface area contributed by atoms with E-state index < -0.39 is 40.1 Å². The van der Waals surface area contributed by atoms with Gasteiger partial charge in [0.25, 0.3) is 0 Å². The number of carbonyl (C=O) groups excluding carboxylic acids is 1. The second-order valence-corrected chi connectivity index (χ2v) is 11.3. The van der Waals surface area contributed by atoms with Gasteiger partial charge in [0.1, 0.15) is 6.61 Å². The molecule has 1 aromatic rings. The van der Waals surface area contributed by atoms with Gasteiger partial charge in [-0.05, 0) is 74.5 Å². The highest BCUT2D eigenvalue weighted by molar-refractivity contribution is 7.85. The van der Waals surface area contributed by atoms with Gasteiger partial charge >= 0.3 is 5.97 Å². The topological polar surface area (TPSA) is 102 Å². The van der Waals surface area contributed by atoms with E-state index in [4.69, 9.17) is 14.2 Å². The summed E-state index contributed by atoms with van der Waals surface area (Å²) >= 11 is 0. The number of carbonyl (C=O) groups is 1. The first kappa shape index (κ1) is 22.5. The van der Waals surface area contributed by atoms with Crippen LogP contribution in [-0.2, 0) is 19.6 Å². The maximum Gasteiger partial charge on any atom is 0.338 e. The van der Waals surface area contributed by atoms with Crippen LogP contribution < -0.4 is 4.74 Å². The number of benzene rings is 1. The minimum absolute atomic E-state index is 0.00898. The molecule has 31 heavy (non-hydrogen) atoms. The SMILES string of the molecule is CC(C)(Oc1cc(C(=O)OCCS(=O)(=O)[O-])ccc1F)OC12CC3CC(CC(C3)C1)C2. The van der Waals surface area contributed by atoms with Gasteiger partial charge in [0, 0.05) is 13.8 Å². The Balaban J connectivity index is 1.43. The van der Waals surface area contributed by atoms with Crippen LogP contribution in [0.5, 0.6) is 5.75 Å². The molecule has 0 radical (unpaired) electrons. The molecule has 4 saturated carbocycles. The Morgan fingerprint density at radius 1 is 1.16 bits per heavy atom. The molecule has 0 aromatic heterocycles. The van der Waals surface area contributed by atoms with Gasteiger partial charge in [0.15, 0.2) is 11.6 Å². The Bertz CT molecular complexity index is 921. The van der Waals surface area contributed by atoms with Crippen LogP contribution in [0.2, 0.25) is 0 Å². The molecule has 4 aliphatic rings. The molecule has 0 aliphatic heterocycles. The molecule has 0 spiro atoms. The number of rotatable bonds is 8. The molecule has 172 valence electrons. The van der Waals surface area contributed by atoms with Crippen molar-refractivity contribution in [1.29, 1.82) is 0 Å². The second-order valence-electron chi connectivity index (χ2n) is 9.75. The summed E-state index contributed by atoms with van der Waals surface area (Å²) in [5.74, 6) is -1.53. The van der Waals surface area contributed by atoms with Crippen molar-refractivity contribution in [2.45, 2.75) is 63.8 Å². The monoisotopic (exact) mass is 455 g/mol. The maximum atomic E-state index is 14.4. The molecule has 4 bridgehead atoms. The summed E-state index contributed by atoms with van der Waals surface area (Å²) in [6.45, 7) is 2.92. The normalized spacial score (nSPS) is 29.7. The predicted octanol–water partition coefficient (Wildman–Crippen LogP) is 3.63. The third kappa shape index (κ3) is 5.38. The fourth-order valence-corrected chi connectivity index (χ4v) is 6.28. The van der Waals surface area contributed by atoms with Gasteiger partial charge in [0.05, 0.1) is 27.0 Å². The van der Waals surface area contributed by atoms with E-state index in [2.05, 4.69) is 0 Å². The van der Waals surface area contributed by atoms with Crippen LogP contribution in [0, 0.1) is 23.6 Å². The standard InChI is InChI=1S/C22H29FO7S/c1-21(2,30-22-11-14-7-15(12-22)9-16(8-14)13-22)29-19-10-17(3-4-18(19)23)20(24)28-5-6-31(25,26)27/h3-4,10,14-16H,5-9,11-13H2,1-2H3,(H,25,26,27)/p-1. The van der Waals surface area contributed by atoms with Crippen molar-refractivity contribution in [3.8, 4) is 5.75 Å². The Labute approximate surface area is 182 Å². The van der Waals surface area contributed by atoms with Gasteiger partial charge in [-0.15, -0.1) is 0 Å². The van der Waals surface area contributed by atoms with Crippen LogP contribution in [0.3, 0.4) is 0 Å². The van der Waals surface area contributed by atoms with Crippen LogP contribution >= 0.6 is 0 Å². The number of ether oxygens (including phenoxy) is 3. The maximum absolute atomic E-state index is 14.4. The van der Waals surface area contributed by atoms with Gasteiger partial charge in [-0.2, -0.15) is 0 Å². The third-order valence-corrected chi connectivity index (χ3v) is 7.20. The Hall–Kier alpha value is -1.71. The number of halogens is 1. The van der Waals surface area contributed by atoms with Crippen molar-refractivity contribution in [2.75, 3.05) is 12.4 Å². The number of hydrogen-bond acceptors (Lipinski definition) is 7. The molecule has 4 aliphatic carbocycles. The molecule has 4 fully saturated rings. The van der Waals surface area contributed by atoms with Crippen LogP contribution in [0.15, 0.2) is 18.2 Å². The van der Waals surface area contributed by atoms with Crippen molar-refractivity contribution in [3.63, 3.8) is 0 Å². The van der Waals surface area contributed by atoms with E-state index in [0.29, 0.717) is 17.8 Å². The van der Waals surface area contributed by atoms with Crippen molar-refractivity contribution in [2.24, 2.45) is 17.8 Å². The lowest BCUT2D eigenvalue weighted by atomic mass is 9.54. The summed E-state index contributed by atoms with van der Waals surface area (Å²) in [4.78, 5) is 12.1. The van der Waals surface area contributed by atoms with Crippen LogP contribution in [0.1, 0.15) is 62.7 Å². The molecular weight excluding hydrogens is 427 g/mol. The van der Waals surface area contributed by atoms with E-state index in [-0.39, 0.29) is 16.9 Å². The molecule has 5 rings (SSSR count). The van der Waals surface area contributed by atoms with Crippen LogP contribution in [0.4, 0.5) is 4.39 Å². The van der Waals surface area contributed by atoms with E-state index in [1.165, 1.54) is 31.4 Å². The number of esters is 1. The van der Waals surface area contributed by atoms with Gasteiger partial charge in [-0.25, -0.2) is 17.6 Å². The molecule has 9 heteroatoms. The number of hydrogen-bond donors (Lipinski definition) is 0.